The van der Waals surface area contributed by atoms with Crippen molar-refractivity contribution in [3.63, 3.8) is 0 Å². The SMILES string of the molecule is COCCN(Cc1ncoc1C)CC1CCCN1. The van der Waals surface area contributed by atoms with Crippen molar-refractivity contribution in [1.82, 2.24) is 15.2 Å². The molecule has 1 aliphatic heterocycles. The van der Waals surface area contributed by atoms with Gasteiger partial charge in [0.1, 0.15) is 5.76 Å². The van der Waals surface area contributed by atoms with E-state index in [0.29, 0.717) is 6.04 Å². The molecule has 0 aromatic carbocycles. The van der Waals surface area contributed by atoms with Crippen LogP contribution in [0.15, 0.2) is 10.8 Å². The second-order valence-electron chi connectivity index (χ2n) is 4.88. The van der Waals surface area contributed by atoms with Crippen molar-refractivity contribution in [2.75, 3.05) is 33.4 Å². The normalized spacial score (nSPS) is 19.8. The fourth-order valence-corrected chi connectivity index (χ4v) is 2.37. The molecular formula is C13H23N3O2. The predicted molar refractivity (Wildman–Crippen MR) is 69.4 cm³/mol. The van der Waals surface area contributed by atoms with Crippen LogP contribution < -0.4 is 5.32 Å². The third kappa shape index (κ3) is 3.80. The number of hydrogen-bond donors (Lipinski definition) is 1. The first kappa shape index (κ1) is 13.5. The summed E-state index contributed by atoms with van der Waals surface area (Å²) in [5, 5.41) is 3.53. The number of aryl methyl sites for hydroxylation is 1. The zero-order valence-corrected chi connectivity index (χ0v) is 11.3. The molecule has 1 fully saturated rings. The number of ether oxygens (including phenoxy) is 1. The molecule has 0 saturated carbocycles. The maximum absolute atomic E-state index is 5.26. The van der Waals surface area contributed by atoms with Gasteiger partial charge in [-0.15, -0.1) is 0 Å². The number of rotatable bonds is 7. The predicted octanol–water partition coefficient (Wildman–Crippen LogP) is 1.18. The molecule has 0 bridgehead atoms. The summed E-state index contributed by atoms with van der Waals surface area (Å²) in [5.41, 5.74) is 1.03. The van der Waals surface area contributed by atoms with Crippen molar-refractivity contribution in [3.8, 4) is 0 Å². The quantitative estimate of drug-likeness (QED) is 0.791. The minimum atomic E-state index is 0.606. The van der Waals surface area contributed by atoms with E-state index in [1.54, 1.807) is 7.11 Å². The van der Waals surface area contributed by atoms with Gasteiger partial charge in [-0.05, 0) is 26.3 Å². The molecule has 1 aromatic rings. The van der Waals surface area contributed by atoms with Gasteiger partial charge in [0, 0.05) is 32.8 Å². The molecule has 5 nitrogen and oxygen atoms in total. The maximum Gasteiger partial charge on any atom is 0.181 e. The fourth-order valence-electron chi connectivity index (χ4n) is 2.37. The molecule has 0 aliphatic carbocycles. The lowest BCUT2D eigenvalue weighted by atomic mass is 10.2. The standard InChI is InChI=1S/C13H23N3O2/c1-11-13(15-10-18-11)9-16(6-7-17-2)8-12-4-3-5-14-12/h10,12,14H,3-9H2,1-2H3. The van der Waals surface area contributed by atoms with Crippen molar-refractivity contribution in [2.45, 2.75) is 32.4 Å². The molecule has 2 heterocycles. The maximum atomic E-state index is 5.26. The first-order valence-electron chi connectivity index (χ1n) is 6.63. The summed E-state index contributed by atoms with van der Waals surface area (Å²) in [6, 6.07) is 0.606. The van der Waals surface area contributed by atoms with Gasteiger partial charge in [-0.3, -0.25) is 4.90 Å². The lowest BCUT2D eigenvalue weighted by molar-refractivity contribution is 0.137. The Kier molecular flexibility index (Phi) is 5.16. The number of nitrogens with zero attached hydrogens (tertiary/aromatic N) is 2. The van der Waals surface area contributed by atoms with Crippen LogP contribution in [-0.2, 0) is 11.3 Å². The summed E-state index contributed by atoms with van der Waals surface area (Å²) >= 11 is 0. The lowest BCUT2D eigenvalue weighted by Crippen LogP contribution is -2.39. The van der Waals surface area contributed by atoms with Gasteiger partial charge in [0.05, 0.1) is 12.3 Å². The molecule has 1 saturated heterocycles. The largest absolute Gasteiger partial charge is 0.448 e. The van der Waals surface area contributed by atoms with Crippen molar-refractivity contribution >= 4 is 0 Å². The molecule has 1 unspecified atom stereocenters. The minimum Gasteiger partial charge on any atom is -0.448 e. The third-order valence-electron chi connectivity index (χ3n) is 3.47. The Labute approximate surface area is 109 Å². The summed E-state index contributed by atoms with van der Waals surface area (Å²) in [4.78, 5) is 6.65. The van der Waals surface area contributed by atoms with E-state index >= 15 is 0 Å². The highest BCUT2D eigenvalue weighted by atomic mass is 16.5. The summed E-state index contributed by atoms with van der Waals surface area (Å²) in [7, 11) is 1.74. The van der Waals surface area contributed by atoms with Crippen LogP contribution in [0.2, 0.25) is 0 Å². The summed E-state index contributed by atoms with van der Waals surface area (Å²) < 4.78 is 10.4. The average molecular weight is 253 g/mol. The Morgan fingerprint density at radius 2 is 2.50 bits per heavy atom. The van der Waals surface area contributed by atoms with Crippen molar-refractivity contribution in [2.24, 2.45) is 0 Å². The Hall–Kier alpha value is -0.910. The molecule has 2 rings (SSSR count). The zero-order valence-electron chi connectivity index (χ0n) is 11.3. The van der Waals surface area contributed by atoms with Gasteiger partial charge in [-0.1, -0.05) is 0 Å². The molecule has 1 aromatic heterocycles. The van der Waals surface area contributed by atoms with Crippen LogP contribution >= 0.6 is 0 Å². The van der Waals surface area contributed by atoms with Gasteiger partial charge in [0.2, 0.25) is 0 Å². The number of hydrogen-bond acceptors (Lipinski definition) is 5. The molecular weight excluding hydrogens is 230 g/mol. The molecule has 0 spiro atoms. The second kappa shape index (κ2) is 6.87. The van der Waals surface area contributed by atoms with Gasteiger partial charge in [0.25, 0.3) is 0 Å². The Morgan fingerprint density at radius 3 is 3.11 bits per heavy atom. The minimum absolute atomic E-state index is 0.606. The van der Waals surface area contributed by atoms with Crippen molar-refractivity contribution < 1.29 is 9.15 Å². The highest BCUT2D eigenvalue weighted by Crippen LogP contribution is 2.12. The molecule has 5 heteroatoms. The van der Waals surface area contributed by atoms with Gasteiger partial charge in [-0.25, -0.2) is 4.98 Å². The van der Waals surface area contributed by atoms with Crippen LogP contribution in [0.1, 0.15) is 24.3 Å². The van der Waals surface area contributed by atoms with Gasteiger partial charge < -0.3 is 14.5 Å². The average Bonchev–Trinajstić information content (AvgIpc) is 2.99. The van der Waals surface area contributed by atoms with Crippen molar-refractivity contribution in [1.29, 1.82) is 0 Å². The fraction of sp³-hybridized carbons (Fsp3) is 0.769. The first-order valence-corrected chi connectivity index (χ1v) is 6.63. The molecule has 1 atom stereocenters. The Balaban J connectivity index is 1.89. The van der Waals surface area contributed by atoms with Gasteiger partial charge in [0.15, 0.2) is 6.39 Å². The van der Waals surface area contributed by atoms with Crippen LogP contribution in [0.5, 0.6) is 0 Å². The van der Waals surface area contributed by atoms with E-state index in [9.17, 15) is 0 Å². The number of methoxy groups -OCH3 is 1. The van der Waals surface area contributed by atoms with E-state index in [2.05, 4.69) is 15.2 Å². The highest BCUT2D eigenvalue weighted by molar-refractivity contribution is 5.04. The van der Waals surface area contributed by atoms with E-state index < -0.39 is 0 Å². The molecule has 18 heavy (non-hydrogen) atoms. The summed E-state index contributed by atoms with van der Waals surface area (Å²) in [6.07, 6.45) is 4.07. The van der Waals surface area contributed by atoms with Crippen LogP contribution in [0.3, 0.4) is 0 Å². The van der Waals surface area contributed by atoms with Crippen LogP contribution in [0, 0.1) is 6.92 Å². The molecule has 102 valence electrons. The Morgan fingerprint density at radius 1 is 1.61 bits per heavy atom. The summed E-state index contributed by atoms with van der Waals surface area (Å²) in [6.45, 7) is 6.68. The van der Waals surface area contributed by atoms with Gasteiger partial charge >= 0.3 is 0 Å². The second-order valence-corrected chi connectivity index (χ2v) is 4.88. The van der Waals surface area contributed by atoms with Crippen molar-refractivity contribution in [3.05, 3.63) is 17.8 Å². The smallest absolute Gasteiger partial charge is 0.181 e. The van der Waals surface area contributed by atoms with E-state index in [4.69, 9.17) is 9.15 Å². The Bertz CT molecular complexity index is 348. The highest BCUT2D eigenvalue weighted by Gasteiger charge is 2.19. The zero-order chi connectivity index (χ0) is 12.8. The summed E-state index contributed by atoms with van der Waals surface area (Å²) in [5.74, 6) is 0.914. The third-order valence-corrected chi connectivity index (χ3v) is 3.47. The first-order chi connectivity index (χ1) is 8.79. The molecule has 0 radical (unpaired) electrons. The van der Waals surface area contributed by atoms with E-state index in [-0.39, 0.29) is 0 Å². The van der Waals surface area contributed by atoms with E-state index in [1.165, 1.54) is 19.2 Å². The van der Waals surface area contributed by atoms with E-state index in [0.717, 1.165) is 44.2 Å². The van der Waals surface area contributed by atoms with Crippen LogP contribution in [0.25, 0.3) is 0 Å². The lowest BCUT2D eigenvalue weighted by Gasteiger charge is -2.24. The monoisotopic (exact) mass is 253 g/mol. The van der Waals surface area contributed by atoms with E-state index in [1.807, 2.05) is 6.92 Å². The molecule has 0 amide bonds. The number of nitrogens with one attached hydrogen (secondary N) is 1. The van der Waals surface area contributed by atoms with Crippen LogP contribution in [0.4, 0.5) is 0 Å². The van der Waals surface area contributed by atoms with Gasteiger partial charge in [-0.2, -0.15) is 0 Å². The molecule has 1 N–H and O–H groups in total. The topological polar surface area (TPSA) is 50.5 Å². The number of aromatic nitrogens is 1. The van der Waals surface area contributed by atoms with Crippen LogP contribution in [-0.4, -0.2) is 49.3 Å². The number of oxazole rings is 1. The molecule has 1 aliphatic rings.